The molecule has 2 heterocycles. The van der Waals surface area contributed by atoms with Gasteiger partial charge in [-0.25, -0.2) is 9.97 Å². The van der Waals surface area contributed by atoms with Gasteiger partial charge in [-0.2, -0.15) is 0 Å². The highest BCUT2D eigenvalue weighted by molar-refractivity contribution is 9.10. The number of hydrogen-bond acceptors (Lipinski definition) is 4. The molecule has 98 valence electrons. The van der Waals surface area contributed by atoms with E-state index in [1.54, 1.807) is 0 Å². The number of rotatable bonds is 2. The van der Waals surface area contributed by atoms with Crippen molar-refractivity contribution in [2.45, 2.75) is 13.5 Å². The van der Waals surface area contributed by atoms with Crippen molar-refractivity contribution >= 4 is 27.0 Å². The van der Waals surface area contributed by atoms with Crippen molar-refractivity contribution in [1.82, 2.24) is 14.5 Å². The third-order valence-electron chi connectivity index (χ3n) is 3.07. The Kier molecular flexibility index (Phi) is 2.91. The molecule has 0 aliphatic rings. The molecule has 1 aromatic carbocycles. The van der Waals surface area contributed by atoms with Crippen LogP contribution in [-0.4, -0.2) is 14.5 Å². The van der Waals surface area contributed by atoms with Gasteiger partial charge in [0.2, 0.25) is 0 Å². The fourth-order valence-corrected chi connectivity index (χ4v) is 2.60. The molecule has 0 unspecified atom stereocenters. The van der Waals surface area contributed by atoms with Gasteiger partial charge in [0.05, 0.1) is 6.54 Å². The highest BCUT2D eigenvalue weighted by atomic mass is 79.9. The average molecular weight is 321 g/mol. The Hall–Kier alpha value is -1.66. The summed E-state index contributed by atoms with van der Waals surface area (Å²) in [5.74, 6) is 1.49. The predicted octanol–water partition coefficient (Wildman–Crippen LogP) is 2.76. The van der Waals surface area contributed by atoms with Crippen molar-refractivity contribution in [3.05, 3.63) is 34.5 Å². The van der Waals surface area contributed by atoms with Gasteiger partial charge in [-0.05, 0) is 34.1 Å². The molecule has 19 heavy (non-hydrogen) atoms. The number of nitrogens with two attached hydrogens (primary N) is 1. The van der Waals surface area contributed by atoms with Gasteiger partial charge in [-0.1, -0.05) is 0 Å². The number of aryl methyl sites for hydroxylation is 1. The van der Waals surface area contributed by atoms with Crippen LogP contribution >= 0.6 is 15.9 Å². The minimum Gasteiger partial charge on any atom is -0.441 e. The third kappa shape index (κ3) is 1.97. The average Bonchev–Trinajstić information content (AvgIpc) is 2.90. The second-order valence-corrected chi connectivity index (χ2v) is 5.10. The summed E-state index contributed by atoms with van der Waals surface area (Å²) in [6.45, 7) is 2.24. The van der Waals surface area contributed by atoms with Crippen molar-refractivity contribution in [3.63, 3.8) is 0 Å². The van der Waals surface area contributed by atoms with Crippen LogP contribution < -0.4 is 5.73 Å². The SMILES string of the molecule is Cc1nc2cc(-c3nc(CN)n(C)c3Br)ccc2o1. The molecular weight excluding hydrogens is 308 g/mol. The first-order valence-electron chi connectivity index (χ1n) is 5.89. The Balaban J connectivity index is 2.18. The maximum Gasteiger partial charge on any atom is 0.192 e. The lowest BCUT2D eigenvalue weighted by molar-refractivity contribution is 0.561. The van der Waals surface area contributed by atoms with Crippen LogP contribution in [0.25, 0.3) is 22.4 Å². The number of benzene rings is 1. The van der Waals surface area contributed by atoms with E-state index in [0.717, 1.165) is 32.8 Å². The Bertz CT molecular complexity index is 759. The summed E-state index contributed by atoms with van der Waals surface area (Å²) in [4.78, 5) is 8.88. The summed E-state index contributed by atoms with van der Waals surface area (Å²) >= 11 is 3.55. The maximum atomic E-state index is 5.67. The zero-order chi connectivity index (χ0) is 13.6. The fraction of sp³-hybridized carbons (Fsp3) is 0.231. The van der Waals surface area contributed by atoms with Gasteiger partial charge >= 0.3 is 0 Å². The number of aromatic nitrogens is 3. The van der Waals surface area contributed by atoms with E-state index in [0.29, 0.717) is 12.4 Å². The Morgan fingerprint density at radius 2 is 2.16 bits per heavy atom. The van der Waals surface area contributed by atoms with Crippen LogP contribution in [0.3, 0.4) is 0 Å². The lowest BCUT2D eigenvalue weighted by atomic mass is 10.1. The molecule has 6 heteroatoms. The van der Waals surface area contributed by atoms with E-state index >= 15 is 0 Å². The molecule has 3 rings (SSSR count). The van der Waals surface area contributed by atoms with Crippen molar-refractivity contribution in [2.24, 2.45) is 12.8 Å². The molecule has 0 radical (unpaired) electrons. The van der Waals surface area contributed by atoms with Crippen LogP contribution in [0.4, 0.5) is 0 Å². The van der Waals surface area contributed by atoms with Crippen LogP contribution in [0.15, 0.2) is 27.2 Å². The van der Waals surface area contributed by atoms with E-state index < -0.39 is 0 Å². The number of oxazole rings is 1. The largest absolute Gasteiger partial charge is 0.441 e. The van der Waals surface area contributed by atoms with Crippen LogP contribution in [0.2, 0.25) is 0 Å². The molecule has 0 aliphatic carbocycles. The van der Waals surface area contributed by atoms with E-state index in [-0.39, 0.29) is 0 Å². The number of nitrogens with zero attached hydrogens (tertiary/aromatic N) is 3. The monoisotopic (exact) mass is 320 g/mol. The second-order valence-electron chi connectivity index (χ2n) is 4.35. The first kappa shape index (κ1) is 12.4. The quantitative estimate of drug-likeness (QED) is 0.788. The summed E-state index contributed by atoms with van der Waals surface area (Å²) < 4.78 is 8.32. The van der Waals surface area contributed by atoms with Gasteiger partial charge in [-0.15, -0.1) is 0 Å². The van der Waals surface area contributed by atoms with Crippen LogP contribution in [0, 0.1) is 6.92 Å². The van der Waals surface area contributed by atoms with Crippen molar-refractivity contribution in [1.29, 1.82) is 0 Å². The van der Waals surface area contributed by atoms with E-state index in [2.05, 4.69) is 25.9 Å². The van der Waals surface area contributed by atoms with E-state index in [1.165, 1.54) is 0 Å². The Labute approximate surface area is 118 Å². The van der Waals surface area contributed by atoms with Gasteiger partial charge in [0.1, 0.15) is 21.6 Å². The molecule has 2 N–H and O–H groups in total. The highest BCUT2D eigenvalue weighted by Gasteiger charge is 2.14. The third-order valence-corrected chi connectivity index (χ3v) is 3.98. The van der Waals surface area contributed by atoms with Crippen molar-refractivity contribution in [2.75, 3.05) is 0 Å². The first-order chi connectivity index (χ1) is 9.10. The van der Waals surface area contributed by atoms with Gasteiger partial charge in [0.15, 0.2) is 11.5 Å². The normalized spacial score (nSPS) is 11.4. The minimum atomic E-state index is 0.403. The smallest absolute Gasteiger partial charge is 0.192 e. The maximum absolute atomic E-state index is 5.67. The minimum absolute atomic E-state index is 0.403. The van der Waals surface area contributed by atoms with Crippen LogP contribution in [-0.2, 0) is 13.6 Å². The van der Waals surface area contributed by atoms with E-state index in [4.69, 9.17) is 10.2 Å². The predicted molar refractivity (Wildman–Crippen MR) is 76.5 cm³/mol. The number of halogens is 1. The molecule has 0 saturated carbocycles. The molecule has 2 aromatic heterocycles. The molecule has 5 nitrogen and oxygen atoms in total. The van der Waals surface area contributed by atoms with Crippen molar-refractivity contribution in [3.8, 4) is 11.3 Å². The lowest BCUT2D eigenvalue weighted by Crippen LogP contribution is -2.04. The van der Waals surface area contributed by atoms with Crippen molar-refractivity contribution < 1.29 is 4.42 Å². The van der Waals surface area contributed by atoms with Gasteiger partial charge in [0.25, 0.3) is 0 Å². The van der Waals surface area contributed by atoms with Crippen LogP contribution in [0.1, 0.15) is 11.7 Å². The molecule has 3 aromatic rings. The second kappa shape index (κ2) is 4.47. The van der Waals surface area contributed by atoms with Gasteiger partial charge in [-0.3, -0.25) is 0 Å². The Morgan fingerprint density at radius 1 is 1.37 bits per heavy atom. The van der Waals surface area contributed by atoms with Gasteiger partial charge in [0, 0.05) is 19.5 Å². The molecule has 0 aliphatic heterocycles. The zero-order valence-corrected chi connectivity index (χ0v) is 12.2. The van der Waals surface area contributed by atoms with E-state index in [1.807, 2.05) is 36.7 Å². The number of hydrogen-bond donors (Lipinski definition) is 1. The molecule has 0 saturated heterocycles. The fourth-order valence-electron chi connectivity index (χ4n) is 2.08. The summed E-state index contributed by atoms with van der Waals surface area (Å²) in [7, 11) is 1.93. The van der Waals surface area contributed by atoms with Gasteiger partial charge < -0.3 is 14.7 Å². The lowest BCUT2D eigenvalue weighted by Gasteiger charge is -1.99. The number of fused-ring (bicyclic) bond motifs is 1. The summed E-state index contributed by atoms with van der Waals surface area (Å²) in [5, 5.41) is 0. The van der Waals surface area contributed by atoms with E-state index in [9.17, 15) is 0 Å². The topological polar surface area (TPSA) is 69.9 Å². The summed E-state index contributed by atoms with van der Waals surface area (Å²) in [6, 6.07) is 5.85. The first-order valence-corrected chi connectivity index (χ1v) is 6.68. The molecule has 0 atom stereocenters. The zero-order valence-electron chi connectivity index (χ0n) is 10.6. The summed E-state index contributed by atoms with van der Waals surface area (Å²) in [6.07, 6.45) is 0. The molecule has 0 spiro atoms. The highest BCUT2D eigenvalue weighted by Crippen LogP contribution is 2.30. The Morgan fingerprint density at radius 3 is 2.84 bits per heavy atom. The molecular formula is C13H13BrN4O. The molecule has 0 fully saturated rings. The summed E-state index contributed by atoms with van der Waals surface area (Å²) in [5.41, 5.74) is 9.15. The standard InChI is InChI=1S/C13H13BrN4O/c1-7-16-9-5-8(3-4-10(9)19-7)12-13(14)18(2)11(6-15)17-12/h3-5H,6,15H2,1-2H3. The number of imidazole rings is 1. The van der Waals surface area contributed by atoms with Crippen LogP contribution in [0.5, 0.6) is 0 Å². The molecule has 0 amide bonds. The molecule has 0 bridgehead atoms.